The Morgan fingerprint density at radius 2 is 2.19 bits per heavy atom. The number of esters is 1. The number of ether oxygens (including phenoxy) is 1. The molecule has 1 atom stereocenters. The lowest BCUT2D eigenvalue weighted by Gasteiger charge is -2.16. The molecule has 1 rings (SSSR count). The van der Waals surface area contributed by atoms with Gasteiger partial charge in [0.2, 0.25) is 0 Å². The zero-order valence-electron chi connectivity index (χ0n) is 9.86. The van der Waals surface area contributed by atoms with Crippen LogP contribution in [0.25, 0.3) is 0 Å². The minimum atomic E-state index is -0.453. The number of aromatic nitrogens is 3. The van der Waals surface area contributed by atoms with E-state index in [2.05, 4.69) is 15.4 Å². The predicted octanol–water partition coefficient (Wildman–Crippen LogP) is 0.680. The molecule has 0 saturated carbocycles. The largest absolute Gasteiger partial charge is 0.461 e. The first-order chi connectivity index (χ1) is 7.61. The van der Waals surface area contributed by atoms with E-state index in [4.69, 9.17) is 10.5 Å². The van der Waals surface area contributed by atoms with Crippen LogP contribution in [-0.4, -0.2) is 34.5 Å². The lowest BCUT2D eigenvalue weighted by molar-refractivity contribution is 0.0517. The molecule has 6 heteroatoms. The highest BCUT2D eigenvalue weighted by molar-refractivity contribution is 5.88. The Labute approximate surface area is 94.6 Å². The van der Waals surface area contributed by atoms with Crippen LogP contribution in [0.2, 0.25) is 0 Å². The van der Waals surface area contributed by atoms with Gasteiger partial charge in [0.1, 0.15) is 5.69 Å². The molecule has 6 nitrogen and oxygen atoms in total. The molecule has 0 aliphatic rings. The van der Waals surface area contributed by atoms with Crippen LogP contribution in [0.4, 0.5) is 0 Å². The lowest BCUT2D eigenvalue weighted by Crippen LogP contribution is -2.21. The summed E-state index contributed by atoms with van der Waals surface area (Å²) in [7, 11) is 0. The Kier molecular flexibility index (Phi) is 4.42. The monoisotopic (exact) mass is 226 g/mol. The van der Waals surface area contributed by atoms with Crippen molar-refractivity contribution in [1.82, 2.24) is 15.4 Å². The second-order valence-corrected chi connectivity index (χ2v) is 3.86. The van der Waals surface area contributed by atoms with Crippen LogP contribution in [0.15, 0.2) is 0 Å². The van der Waals surface area contributed by atoms with Crippen LogP contribution in [0.5, 0.6) is 0 Å². The smallest absolute Gasteiger partial charge is 0.360 e. The van der Waals surface area contributed by atoms with Crippen LogP contribution in [0.3, 0.4) is 0 Å². The highest BCUT2D eigenvalue weighted by Gasteiger charge is 2.25. The van der Waals surface area contributed by atoms with Crippen LogP contribution < -0.4 is 5.73 Å². The fourth-order valence-electron chi connectivity index (χ4n) is 1.55. The second-order valence-electron chi connectivity index (χ2n) is 3.86. The molecule has 0 bridgehead atoms. The fourth-order valence-corrected chi connectivity index (χ4v) is 1.55. The van der Waals surface area contributed by atoms with Gasteiger partial charge in [0.15, 0.2) is 5.69 Å². The van der Waals surface area contributed by atoms with Gasteiger partial charge in [-0.25, -0.2) is 4.79 Å². The molecule has 0 saturated heterocycles. The number of H-pyrrole nitrogens is 1. The lowest BCUT2D eigenvalue weighted by atomic mass is 9.91. The molecule has 1 unspecified atom stereocenters. The molecule has 3 N–H and O–H groups in total. The molecular formula is C10H18N4O2. The van der Waals surface area contributed by atoms with Crippen molar-refractivity contribution in [1.29, 1.82) is 0 Å². The maximum Gasteiger partial charge on any atom is 0.360 e. The van der Waals surface area contributed by atoms with Crippen molar-refractivity contribution >= 4 is 5.97 Å². The van der Waals surface area contributed by atoms with Gasteiger partial charge in [-0.1, -0.05) is 13.8 Å². The summed E-state index contributed by atoms with van der Waals surface area (Å²) in [6, 6.07) is 0. The number of carbonyl (C=O) groups excluding carboxylic acids is 1. The van der Waals surface area contributed by atoms with Gasteiger partial charge in [0, 0.05) is 12.5 Å². The van der Waals surface area contributed by atoms with Crippen molar-refractivity contribution in [3.8, 4) is 0 Å². The molecule has 0 aromatic carbocycles. The molecule has 1 aromatic rings. The molecule has 0 aliphatic carbocycles. The minimum Gasteiger partial charge on any atom is -0.461 e. The van der Waals surface area contributed by atoms with Crippen LogP contribution in [-0.2, 0) is 4.74 Å². The van der Waals surface area contributed by atoms with Crippen molar-refractivity contribution in [2.45, 2.75) is 26.7 Å². The van der Waals surface area contributed by atoms with Gasteiger partial charge in [0.25, 0.3) is 0 Å². The van der Waals surface area contributed by atoms with Gasteiger partial charge in [-0.05, 0) is 12.8 Å². The second kappa shape index (κ2) is 5.60. The van der Waals surface area contributed by atoms with Gasteiger partial charge in [-0.15, -0.1) is 5.10 Å². The molecule has 0 aliphatic heterocycles. The molecule has 0 amide bonds. The first-order valence-electron chi connectivity index (χ1n) is 5.39. The standard InChI is InChI=1S/C10H18N4O2/c1-4-16-10(15)9-8(12-14-13-9)7(5-11)6(2)3/h6-7H,4-5,11H2,1-3H3,(H,12,13,14). The van der Waals surface area contributed by atoms with E-state index < -0.39 is 5.97 Å². The maximum absolute atomic E-state index is 11.6. The fraction of sp³-hybridized carbons (Fsp3) is 0.700. The third-order valence-electron chi connectivity index (χ3n) is 2.45. The van der Waals surface area contributed by atoms with Crippen LogP contribution in [0.1, 0.15) is 42.9 Å². The Morgan fingerprint density at radius 3 is 2.69 bits per heavy atom. The Morgan fingerprint density at radius 1 is 1.50 bits per heavy atom. The van der Waals surface area contributed by atoms with Crippen LogP contribution in [0, 0.1) is 5.92 Å². The highest BCUT2D eigenvalue weighted by Crippen LogP contribution is 2.23. The summed E-state index contributed by atoms with van der Waals surface area (Å²) in [4.78, 5) is 11.6. The normalized spacial score (nSPS) is 12.8. The average Bonchev–Trinajstić information content (AvgIpc) is 2.67. The molecule has 1 heterocycles. The van der Waals surface area contributed by atoms with Crippen LogP contribution >= 0.6 is 0 Å². The van der Waals surface area contributed by atoms with E-state index >= 15 is 0 Å². The molecule has 0 fully saturated rings. The SMILES string of the molecule is CCOC(=O)c1n[nH]nc1C(CN)C(C)C. The van der Waals surface area contributed by atoms with Crippen molar-refractivity contribution in [2.24, 2.45) is 11.7 Å². The molecule has 16 heavy (non-hydrogen) atoms. The number of rotatable bonds is 5. The number of hydrogen-bond donors (Lipinski definition) is 2. The van der Waals surface area contributed by atoms with Crippen molar-refractivity contribution in [2.75, 3.05) is 13.2 Å². The minimum absolute atomic E-state index is 0.0122. The molecule has 1 aromatic heterocycles. The maximum atomic E-state index is 11.6. The summed E-state index contributed by atoms with van der Waals surface area (Å²) in [5.41, 5.74) is 6.51. The first-order valence-corrected chi connectivity index (χ1v) is 5.39. The van der Waals surface area contributed by atoms with E-state index in [1.54, 1.807) is 6.92 Å². The molecule has 90 valence electrons. The summed E-state index contributed by atoms with van der Waals surface area (Å²) >= 11 is 0. The van der Waals surface area contributed by atoms with Crippen molar-refractivity contribution in [3.63, 3.8) is 0 Å². The van der Waals surface area contributed by atoms with Gasteiger partial charge in [-0.2, -0.15) is 10.3 Å². The Hall–Kier alpha value is -1.43. The van der Waals surface area contributed by atoms with Gasteiger partial charge >= 0.3 is 5.97 Å². The summed E-state index contributed by atoms with van der Waals surface area (Å²) in [5, 5.41) is 10.3. The third kappa shape index (κ3) is 2.57. The quantitative estimate of drug-likeness (QED) is 0.720. The van der Waals surface area contributed by atoms with Gasteiger partial charge < -0.3 is 10.5 Å². The van der Waals surface area contributed by atoms with Gasteiger partial charge in [-0.3, -0.25) is 0 Å². The summed E-state index contributed by atoms with van der Waals surface area (Å²) < 4.78 is 4.90. The summed E-state index contributed by atoms with van der Waals surface area (Å²) in [6.07, 6.45) is 0. The van der Waals surface area contributed by atoms with E-state index in [0.717, 1.165) is 0 Å². The van der Waals surface area contributed by atoms with E-state index in [1.807, 2.05) is 13.8 Å². The number of hydrogen-bond acceptors (Lipinski definition) is 5. The highest BCUT2D eigenvalue weighted by atomic mass is 16.5. The zero-order valence-corrected chi connectivity index (χ0v) is 9.86. The summed E-state index contributed by atoms with van der Waals surface area (Å²) in [5.74, 6) is -0.146. The number of carbonyl (C=O) groups is 1. The van der Waals surface area contributed by atoms with Crippen molar-refractivity contribution in [3.05, 3.63) is 11.4 Å². The number of aromatic amines is 1. The Bertz CT molecular complexity index is 348. The number of nitrogens with zero attached hydrogens (tertiary/aromatic N) is 2. The Balaban J connectivity index is 2.96. The molecule has 0 spiro atoms. The van der Waals surface area contributed by atoms with E-state index in [1.165, 1.54) is 0 Å². The topological polar surface area (TPSA) is 93.9 Å². The third-order valence-corrected chi connectivity index (χ3v) is 2.45. The molecule has 0 radical (unpaired) electrons. The molecular weight excluding hydrogens is 208 g/mol. The number of nitrogens with one attached hydrogen (secondary N) is 1. The summed E-state index contributed by atoms with van der Waals surface area (Å²) in [6.45, 7) is 6.56. The van der Waals surface area contributed by atoms with E-state index in [-0.39, 0.29) is 11.6 Å². The zero-order chi connectivity index (χ0) is 12.1. The van der Waals surface area contributed by atoms with E-state index in [0.29, 0.717) is 24.8 Å². The van der Waals surface area contributed by atoms with Crippen molar-refractivity contribution < 1.29 is 9.53 Å². The average molecular weight is 226 g/mol. The van der Waals surface area contributed by atoms with E-state index in [9.17, 15) is 4.79 Å². The number of nitrogens with two attached hydrogens (primary N) is 1. The van der Waals surface area contributed by atoms with Gasteiger partial charge in [0.05, 0.1) is 6.61 Å². The first kappa shape index (κ1) is 12.6. The predicted molar refractivity (Wildman–Crippen MR) is 59.0 cm³/mol.